The van der Waals surface area contributed by atoms with Gasteiger partial charge in [0, 0.05) is 5.69 Å². The van der Waals surface area contributed by atoms with E-state index in [4.69, 9.17) is 10.00 Å². The van der Waals surface area contributed by atoms with Crippen LogP contribution in [0.1, 0.15) is 18.1 Å². The van der Waals surface area contributed by atoms with Crippen LogP contribution in [0.3, 0.4) is 0 Å². The Balaban J connectivity index is 1.61. The molecule has 0 aromatic heterocycles. The van der Waals surface area contributed by atoms with Gasteiger partial charge in [-0.05, 0) is 67.6 Å². The first kappa shape index (κ1) is 21.7. The average molecular weight is 425 g/mol. The Labute approximate surface area is 177 Å². The van der Waals surface area contributed by atoms with E-state index in [2.05, 4.69) is 10.6 Å². The van der Waals surface area contributed by atoms with E-state index in [1.165, 1.54) is 18.2 Å². The molecule has 0 saturated heterocycles. The zero-order valence-corrected chi connectivity index (χ0v) is 16.4. The summed E-state index contributed by atoms with van der Waals surface area (Å²) in [6.07, 6.45) is -4.56. The van der Waals surface area contributed by atoms with Crippen LogP contribution in [0.15, 0.2) is 72.8 Å². The minimum absolute atomic E-state index is 0.292. The fraction of sp³-hybridized carbons (Fsp3) is 0.130. The minimum atomic E-state index is -4.56. The molecular weight excluding hydrogens is 407 g/mol. The molecule has 0 aliphatic heterocycles. The minimum Gasteiger partial charge on any atom is -0.457 e. The molecule has 158 valence electrons. The van der Waals surface area contributed by atoms with Gasteiger partial charge in [0.05, 0.1) is 22.9 Å². The lowest BCUT2D eigenvalue weighted by Gasteiger charge is -2.18. The van der Waals surface area contributed by atoms with Gasteiger partial charge in [0.2, 0.25) is 5.91 Å². The highest BCUT2D eigenvalue weighted by Gasteiger charge is 2.33. The fourth-order valence-electron chi connectivity index (χ4n) is 2.75. The molecule has 2 N–H and O–H groups in total. The maximum absolute atomic E-state index is 13.1. The predicted octanol–water partition coefficient (Wildman–Crippen LogP) is 5.81. The second-order valence-electron chi connectivity index (χ2n) is 6.66. The van der Waals surface area contributed by atoms with Gasteiger partial charge in [-0.3, -0.25) is 4.79 Å². The van der Waals surface area contributed by atoms with Gasteiger partial charge >= 0.3 is 6.18 Å². The Morgan fingerprint density at radius 2 is 1.55 bits per heavy atom. The van der Waals surface area contributed by atoms with Crippen molar-refractivity contribution in [1.82, 2.24) is 0 Å². The largest absolute Gasteiger partial charge is 0.457 e. The number of nitriles is 1. The Kier molecular flexibility index (Phi) is 6.46. The molecule has 3 aromatic rings. The van der Waals surface area contributed by atoms with Crippen molar-refractivity contribution in [3.63, 3.8) is 0 Å². The number of halogens is 3. The van der Waals surface area contributed by atoms with Crippen molar-refractivity contribution in [2.24, 2.45) is 0 Å². The van der Waals surface area contributed by atoms with Crippen LogP contribution >= 0.6 is 0 Å². The van der Waals surface area contributed by atoms with Crippen molar-refractivity contribution in [2.45, 2.75) is 19.1 Å². The molecule has 0 radical (unpaired) electrons. The van der Waals surface area contributed by atoms with Crippen molar-refractivity contribution in [3.8, 4) is 17.6 Å². The van der Waals surface area contributed by atoms with E-state index in [1.807, 2.05) is 6.07 Å². The summed E-state index contributed by atoms with van der Waals surface area (Å²) >= 11 is 0. The third-order valence-electron chi connectivity index (χ3n) is 4.34. The number of nitrogens with one attached hydrogen (secondary N) is 2. The first-order valence-corrected chi connectivity index (χ1v) is 9.28. The van der Waals surface area contributed by atoms with Crippen molar-refractivity contribution in [2.75, 3.05) is 10.6 Å². The monoisotopic (exact) mass is 425 g/mol. The molecule has 0 spiro atoms. The highest BCUT2D eigenvalue weighted by Crippen LogP contribution is 2.34. The summed E-state index contributed by atoms with van der Waals surface area (Å²) in [6.45, 7) is 1.55. The number of nitrogens with zero attached hydrogens (tertiary/aromatic N) is 1. The third-order valence-corrected chi connectivity index (χ3v) is 4.34. The first-order valence-electron chi connectivity index (χ1n) is 9.28. The van der Waals surface area contributed by atoms with Crippen molar-refractivity contribution in [1.29, 1.82) is 5.26 Å². The second-order valence-corrected chi connectivity index (χ2v) is 6.66. The van der Waals surface area contributed by atoms with Crippen molar-refractivity contribution < 1.29 is 22.7 Å². The number of anilines is 2. The lowest BCUT2D eigenvalue weighted by molar-refractivity contribution is -0.137. The van der Waals surface area contributed by atoms with Crippen LogP contribution in [0.2, 0.25) is 0 Å². The second kappa shape index (κ2) is 9.22. The zero-order valence-electron chi connectivity index (χ0n) is 16.4. The average Bonchev–Trinajstić information content (AvgIpc) is 2.75. The standard InChI is InChI=1S/C23H18F3N3O2/c1-15(22(30)29-21-5-3-2-4-20(21)23(24,25)26)28-17-8-12-19(13-9-17)31-18-10-6-16(14-27)7-11-18/h2-13,15,28H,1H3,(H,29,30). The molecule has 0 bridgehead atoms. The van der Waals surface area contributed by atoms with E-state index >= 15 is 0 Å². The van der Waals surface area contributed by atoms with Gasteiger partial charge in [-0.15, -0.1) is 0 Å². The number of rotatable bonds is 6. The highest BCUT2D eigenvalue weighted by atomic mass is 19.4. The van der Waals surface area contributed by atoms with E-state index in [1.54, 1.807) is 55.5 Å². The number of hydrogen-bond donors (Lipinski definition) is 2. The van der Waals surface area contributed by atoms with E-state index in [9.17, 15) is 18.0 Å². The fourth-order valence-corrected chi connectivity index (χ4v) is 2.75. The molecule has 5 nitrogen and oxygen atoms in total. The highest BCUT2D eigenvalue weighted by molar-refractivity contribution is 5.96. The Morgan fingerprint density at radius 1 is 0.968 bits per heavy atom. The topological polar surface area (TPSA) is 74.1 Å². The van der Waals surface area contributed by atoms with Gasteiger partial charge < -0.3 is 15.4 Å². The number of carbonyl (C=O) groups excluding carboxylic acids is 1. The number of para-hydroxylation sites is 1. The van der Waals surface area contributed by atoms with Crippen LogP contribution in [0.5, 0.6) is 11.5 Å². The van der Waals surface area contributed by atoms with Crippen LogP contribution in [0, 0.1) is 11.3 Å². The summed E-state index contributed by atoms with van der Waals surface area (Å²) in [4.78, 5) is 12.4. The molecule has 0 saturated carbocycles. The molecule has 0 aliphatic carbocycles. The van der Waals surface area contributed by atoms with E-state index < -0.39 is 23.7 Å². The summed E-state index contributed by atoms with van der Waals surface area (Å²) in [5, 5.41) is 14.1. The summed E-state index contributed by atoms with van der Waals surface area (Å²) in [6, 6.07) is 19.4. The molecule has 31 heavy (non-hydrogen) atoms. The van der Waals surface area contributed by atoms with Gasteiger partial charge in [0.1, 0.15) is 17.5 Å². The predicted molar refractivity (Wildman–Crippen MR) is 111 cm³/mol. The molecule has 3 rings (SSSR count). The number of benzene rings is 3. The van der Waals surface area contributed by atoms with Crippen LogP contribution in [-0.4, -0.2) is 11.9 Å². The molecular formula is C23H18F3N3O2. The molecule has 0 heterocycles. The van der Waals surface area contributed by atoms with Crippen molar-refractivity contribution >= 4 is 17.3 Å². The Morgan fingerprint density at radius 3 is 2.13 bits per heavy atom. The summed E-state index contributed by atoms with van der Waals surface area (Å²) in [5.74, 6) is 0.511. The summed E-state index contributed by atoms with van der Waals surface area (Å²) in [5.41, 5.74) is -0.0735. The quantitative estimate of drug-likeness (QED) is 0.523. The molecule has 3 aromatic carbocycles. The molecule has 8 heteroatoms. The maximum atomic E-state index is 13.1. The number of amides is 1. The molecule has 1 atom stereocenters. The van der Waals surface area contributed by atoms with Crippen molar-refractivity contribution in [3.05, 3.63) is 83.9 Å². The van der Waals surface area contributed by atoms with E-state index in [0.717, 1.165) is 6.07 Å². The summed E-state index contributed by atoms with van der Waals surface area (Å²) < 4.78 is 44.9. The first-order chi connectivity index (χ1) is 14.8. The Hall–Kier alpha value is -3.99. The van der Waals surface area contributed by atoms with Gasteiger partial charge in [-0.2, -0.15) is 18.4 Å². The number of alkyl halides is 3. The van der Waals surface area contributed by atoms with Crippen LogP contribution < -0.4 is 15.4 Å². The third kappa shape index (κ3) is 5.76. The smallest absolute Gasteiger partial charge is 0.418 e. The molecule has 1 unspecified atom stereocenters. The van der Waals surface area contributed by atoms with E-state index in [0.29, 0.717) is 22.7 Å². The van der Waals surface area contributed by atoms with Gasteiger partial charge in [0.15, 0.2) is 0 Å². The molecule has 0 aliphatic rings. The SMILES string of the molecule is CC(Nc1ccc(Oc2ccc(C#N)cc2)cc1)C(=O)Nc1ccccc1C(F)(F)F. The van der Waals surface area contributed by atoms with Crippen LogP contribution in [0.25, 0.3) is 0 Å². The number of hydrogen-bond acceptors (Lipinski definition) is 4. The summed E-state index contributed by atoms with van der Waals surface area (Å²) in [7, 11) is 0. The number of carbonyl (C=O) groups is 1. The normalized spacial score (nSPS) is 11.8. The zero-order chi connectivity index (χ0) is 22.4. The van der Waals surface area contributed by atoms with Gasteiger partial charge in [0.25, 0.3) is 0 Å². The molecule has 0 fully saturated rings. The maximum Gasteiger partial charge on any atom is 0.418 e. The van der Waals surface area contributed by atoms with Crippen LogP contribution in [0.4, 0.5) is 24.5 Å². The Bertz CT molecular complexity index is 1090. The lowest BCUT2D eigenvalue weighted by atomic mass is 10.1. The van der Waals surface area contributed by atoms with Gasteiger partial charge in [-0.25, -0.2) is 0 Å². The number of ether oxygens (including phenoxy) is 1. The molecule has 1 amide bonds. The lowest BCUT2D eigenvalue weighted by Crippen LogP contribution is -2.32. The van der Waals surface area contributed by atoms with Gasteiger partial charge in [-0.1, -0.05) is 12.1 Å². The van der Waals surface area contributed by atoms with Crippen LogP contribution in [-0.2, 0) is 11.0 Å². The van der Waals surface area contributed by atoms with E-state index in [-0.39, 0.29) is 5.69 Å².